The monoisotopic (exact) mass is 408 g/mol. The normalized spacial score (nSPS) is 12.9. The topological polar surface area (TPSA) is 75.2 Å². The molecule has 2 aromatic heterocycles. The Morgan fingerprint density at radius 3 is 2.93 bits per heavy atom. The fourth-order valence-electron chi connectivity index (χ4n) is 3.30. The van der Waals surface area contributed by atoms with Gasteiger partial charge in [0, 0.05) is 43.9 Å². The lowest BCUT2D eigenvalue weighted by atomic mass is 10.0. The molecule has 4 rings (SSSR count). The summed E-state index contributed by atoms with van der Waals surface area (Å²) in [6.07, 6.45) is 7.86. The van der Waals surface area contributed by atoms with Gasteiger partial charge in [0.2, 0.25) is 11.8 Å². The number of nitrogens with one attached hydrogen (secondary N) is 1. The molecule has 0 radical (unpaired) electrons. The number of nitrogens with zero attached hydrogens (tertiary/aromatic N) is 3. The second kappa shape index (κ2) is 8.84. The van der Waals surface area contributed by atoms with E-state index in [-0.39, 0.29) is 24.2 Å². The number of carbonyl (C=O) groups is 2. The Hall–Kier alpha value is -3.25. The quantitative estimate of drug-likeness (QED) is 0.669. The second-order valence-electron chi connectivity index (χ2n) is 6.84. The number of halogens is 1. The number of pyridine rings is 2. The van der Waals surface area contributed by atoms with Crippen LogP contribution in [-0.4, -0.2) is 33.7 Å². The minimum Gasteiger partial charge on any atom is -0.338 e. The van der Waals surface area contributed by atoms with Gasteiger partial charge in [-0.05, 0) is 47.4 Å². The van der Waals surface area contributed by atoms with E-state index in [1.807, 2.05) is 36.4 Å². The number of aromatic nitrogens is 2. The number of anilines is 1. The highest BCUT2D eigenvalue weighted by Crippen LogP contribution is 2.21. The molecule has 0 saturated carbocycles. The zero-order chi connectivity index (χ0) is 19.5. The summed E-state index contributed by atoms with van der Waals surface area (Å²) in [5, 5.41) is 3.81. The van der Waals surface area contributed by atoms with Crippen LogP contribution in [0.1, 0.15) is 23.1 Å². The summed E-state index contributed by atoms with van der Waals surface area (Å²) in [7, 11) is 1.78. The Balaban J connectivity index is 0.00000240. The van der Waals surface area contributed by atoms with Crippen molar-refractivity contribution in [3.05, 3.63) is 71.6 Å². The zero-order valence-corrected chi connectivity index (χ0v) is 16.8. The van der Waals surface area contributed by atoms with Crippen molar-refractivity contribution < 1.29 is 9.59 Å². The van der Waals surface area contributed by atoms with Crippen LogP contribution in [0.5, 0.6) is 0 Å². The van der Waals surface area contributed by atoms with E-state index in [4.69, 9.17) is 0 Å². The van der Waals surface area contributed by atoms with E-state index >= 15 is 0 Å². The maximum absolute atomic E-state index is 12.5. The number of aryl methyl sites for hydroxylation is 1. The molecule has 3 heterocycles. The summed E-state index contributed by atoms with van der Waals surface area (Å²) in [4.78, 5) is 34.3. The number of amides is 2. The molecule has 0 spiro atoms. The predicted molar refractivity (Wildman–Crippen MR) is 116 cm³/mol. The molecule has 7 heteroatoms. The Morgan fingerprint density at radius 1 is 1.21 bits per heavy atom. The third-order valence-electron chi connectivity index (χ3n) is 4.81. The maximum atomic E-state index is 12.5. The van der Waals surface area contributed by atoms with Gasteiger partial charge in [-0.2, -0.15) is 0 Å². The van der Waals surface area contributed by atoms with Crippen molar-refractivity contribution in [3.63, 3.8) is 0 Å². The van der Waals surface area contributed by atoms with Gasteiger partial charge >= 0.3 is 0 Å². The number of hydrogen-bond acceptors (Lipinski definition) is 4. The fraction of sp³-hybridized carbons (Fsp3) is 0.182. The standard InChI is InChI=1S/C22H20N4O2.ClH/c1-26(14-17-4-2-6-19-18(17)5-3-11-23-19)21(28)10-7-15-12-16-8-9-20(27)25-22(16)24-13-15;/h2-7,10-13H,8-9,14H2,1H3,(H,24,25,27);1H/b10-7+;. The van der Waals surface area contributed by atoms with Gasteiger partial charge in [-0.1, -0.05) is 18.2 Å². The molecule has 0 bridgehead atoms. The fourth-order valence-corrected chi connectivity index (χ4v) is 3.30. The molecule has 0 unspecified atom stereocenters. The van der Waals surface area contributed by atoms with Crippen LogP contribution >= 0.6 is 12.4 Å². The minimum atomic E-state index is -0.0908. The first-order chi connectivity index (χ1) is 13.6. The second-order valence-corrected chi connectivity index (χ2v) is 6.84. The summed E-state index contributed by atoms with van der Waals surface area (Å²) in [5.74, 6) is 0.511. The van der Waals surface area contributed by atoms with Gasteiger partial charge in [0.1, 0.15) is 5.82 Å². The molecular formula is C22H21ClN4O2. The van der Waals surface area contributed by atoms with Crippen LogP contribution in [0, 0.1) is 0 Å². The molecule has 29 heavy (non-hydrogen) atoms. The molecular weight excluding hydrogens is 388 g/mol. The van der Waals surface area contributed by atoms with Crippen LogP contribution in [0.25, 0.3) is 17.0 Å². The van der Waals surface area contributed by atoms with Crippen LogP contribution in [0.2, 0.25) is 0 Å². The van der Waals surface area contributed by atoms with Gasteiger partial charge in [0.15, 0.2) is 0 Å². The summed E-state index contributed by atoms with van der Waals surface area (Å²) < 4.78 is 0. The Labute approximate surface area is 175 Å². The van der Waals surface area contributed by atoms with Crippen LogP contribution in [0.4, 0.5) is 5.82 Å². The van der Waals surface area contributed by atoms with Crippen molar-refractivity contribution in [2.75, 3.05) is 12.4 Å². The smallest absolute Gasteiger partial charge is 0.246 e. The van der Waals surface area contributed by atoms with Crippen molar-refractivity contribution in [1.82, 2.24) is 14.9 Å². The van der Waals surface area contributed by atoms with Gasteiger partial charge < -0.3 is 10.2 Å². The highest BCUT2D eigenvalue weighted by atomic mass is 35.5. The number of rotatable bonds is 4. The van der Waals surface area contributed by atoms with Crippen LogP contribution in [-0.2, 0) is 22.6 Å². The van der Waals surface area contributed by atoms with E-state index in [0.717, 1.165) is 27.6 Å². The summed E-state index contributed by atoms with van der Waals surface area (Å²) in [6, 6.07) is 11.8. The SMILES string of the molecule is CN(Cc1cccc2ncccc12)C(=O)/C=C/c1cnc2c(c1)CCC(=O)N2.Cl. The van der Waals surface area contributed by atoms with Gasteiger partial charge in [-0.15, -0.1) is 12.4 Å². The Morgan fingerprint density at radius 2 is 2.07 bits per heavy atom. The molecule has 3 aromatic rings. The highest BCUT2D eigenvalue weighted by Gasteiger charge is 2.15. The lowest BCUT2D eigenvalue weighted by Crippen LogP contribution is -2.24. The van der Waals surface area contributed by atoms with Gasteiger partial charge in [-0.3, -0.25) is 14.6 Å². The minimum absolute atomic E-state index is 0. The van der Waals surface area contributed by atoms with E-state index in [1.165, 1.54) is 0 Å². The summed E-state index contributed by atoms with van der Waals surface area (Å²) >= 11 is 0. The summed E-state index contributed by atoms with van der Waals surface area (Å²) in [5.41, 5.74) is 3.81. The zero-order valence-electron chi connectivity index (χ0n) is 16.0. The largest absolute Gasteiger partial charge is 0.338 e. The first-order valence-corrected chi connectivity index (χ1v) is 9.15. The van der Waals surface area contributed by atoms with E-state index in [0.29, 0.717) is 25.2 Å². The first-order valence-electron chi connectivity index (χ1n) is 9.15. The first kappa shape index (κ1) is 20.5. The van der Waals surface area contributed by atoms with Crippen molar-refractivity contribution in [2.45, 2.75) is 19.4 Å². The van der Waals surface area contributed by atoms with Gasteiger partial charge in [0.05, 0.1) is 5.52 Å². The van der Waals surface area contributed by atoms with Crippen LogP contribution in [0.15, 0.2) is 54.9 Å². The number of hydrogen-bond donors (Lipinski definition) is 1. The van der Waals surface area contributed by atoms with Crippen molar-refractivity contribution >= 4 is 47.0 Å². The molecule has 1 aliphatic heterocycles. The van der Waals surface area contributed by atoms with Crippen LogP contribution in [0.3, 0.4) is 0 Å². The molecule has 0 saturated heterocycles. The van der Waals surface area contributed by atoms with Crippen molar-refractivity contribution in [3.8, 4) is 0 Å². The average molecular weight is 409 g/mol. The van der Waals surface area contributed by atoms with E-state index < -0.39 is 0 Å². The number of benzene rings is 1. The van der Waals surface area contributed by atoms with Crippen molar-refractivity contribution in [2.24, 2.45) is 0 Å². The summed E-state index contributed by atoms with van der Waals surface area (Å²) in [6.45, 7) is 0.501. The Bertz CT molecular complexity index is 1090. The molecule has 0 fully saturated rings. The predicted octanol–water partition coefficient (Wildman–Crippen LogP) is 3.61. The van der Waals surface area contributed by atoms with Crippen LogP contribution < -0.4 is 5.32 Å². The molecule has 0 aliphatic carbocycles. The molecule has 1 aromatic carbocycles. The molecule has 1 aliphatic rings. The lowest BCUT2D eigenvalue weighted by Gasteiger charge is -2.17. The number of carbonyl (C=O) groups excluding carboxylic acids is 2. The maximum Gasteiger partial charge on any atom is 0.246 e. The molecule has 0 atom stereocenters. The van der Waals surface area contributed by atoms with E-state index in [9.17, 15) is 9.59 Å². The number of likely N-dealkylation sites (N-methyl/N-ethyl adjacent to an activating group) is 1. The number of fused-ring (bicyclic) bond motifs is 2. The third kappa shape index (κ3) is 4.60. The molecule has 1 N–H and O–H groups in total. The lowest BCUT2D eigenvalue weighted by molar-refractivity contribution is -0.125. The molecule has 6 nitrogen and oxygen atoms in total. The van der Waals surface area contributed by atoms with E-state index in [1.54, 1.807) is 36.5 Å². The van der Waals surface area contributed by atoms with Gasteiger partial charge in [0.25, 0.3) is 0 Å². The third-order valence-corrected chi connectivity index (χ3v) is 4.81. The molecule has 148 valence electrons. The van der Waals surface area contributed by atoms with E-state index in [2.05, 4.69) is 15.3 Å². The van der Waals surface area contributed by atoms with Crippen molar-refractivity contribution in [1.29, 1.82) is 0 Å². The average Bonchev–Trinajstić information content (AvgIpc) is 2.72. The Kier molecular flexibility index (Phi) is 6.24. The highest BCUT2D eigenvalue weighted by molar-refractivity contribution is 5.94. The van der Waals surface area contributed by atoms with Gasteiger partial charge in [-0.25, -0.2) is 4.98 Å². The molecule has 2 amide bonds.